The number of methoxy groups -OCH3 is 2. The van der Waals surface area contributed by atoms with E-state index in [4.69, 9.17) is 14.7 Å². The third-order valence-corrected chi connectivity index (χ3v) is 4.33. The van der Waals surface area contributed by atoms with Gasteiger partial charge in [-0.2, -0.15) is 0 Å². The Hall–Kier alpha value is -3.58. The molecule has 0 atom stereocenters. The van der Waals surface area contributed by atoms with E-state index in [9.17, 15) is 9.59 Å². The zero-order valence-corrected chi connectivity index (χ0v) is 15.5. The fourth-order valence-electron chi connectivity index (χ4n) is 2.85. The molecule has 0 saturated heterocycles. The molecule has 0 spiro atoms. The van der Waals surface area contributed by atoms with Gasteiger partial charge >= 0.3 is 0 Å². The molecule has 0 heterocycles. The number of carbonyl (C=O) groups excluding carboxylic acids is 2. The number of hydrogen-bond acceptors (Lipinski definition) is 5. The average molecular weight is 380 g/mol. The fourth-order valence-corrected chi connectivity index (χ4v) is 2.85. The Morgan fingerprint density at radius 2 is 1.36 bits per heavy atom. The summed E-state index contributed by atoms with van der Waals surface area (Å²) in [5.74, 6) is 0.493. The topological polar surface area (TPSA) is 96.9 Å². The summed E-state index contributed by atoms with van der Waals surface area (Å²) in [6.07, 6.45) is 0. The molecular formula is C21H20N2O5. The van der Waals surface area contributed by atoms with Crippen LogP contribution in [0.4, 0.5) is 0 Å². The van der Waals surface area contributed by atoms with Gasteiger partial charge in [-0.1, -0.05) is 12.1 Å². The number of fused-ring (bicyclic) bond motifs is 1. The molecule has 3 N–H and O–H groups in total. The van der Waals surface area contributed by atoms with Crippen LogP contribution >= 0.6 is 0 Å². The van der Waals surface area contributed by atoms with Gasteiger partial charge in [-0.3, -0.25) is 14.8 Å². The van der Waals surface area contributed by atoms with Gasteiger partial charge in [0.15, 0.2) is 0 Å². The highest BCUT2D eigenvalue weighted by molar-refractivity contribution is 6.01. The van der Waals surface area contributed by atoms with Crippen LogP contribution in [0.2, 0.25) is 0 Å². The lowest BCUT2D eigenvalue weighted by molar-refractivity contribution is 0.0706. The molecule has 3 rings (SSSR count). The van der Waals surface area contributed by atoms with Gasteiger partial charge in [0.05, 0.1) is 14.2 Å². The van der Waals surface area contributed by atoms with Crippen LogP contribution in [0.3, 0.4) is 0 Å². The summed E-state index contributed by atoms with van der Waals surface area (Å²) in [6.45, 7) is 0.319. The first-order chi connectivity index (χ1) is 13.5. The van der Waals surface area contributed by atoms with Gasteiger partial charge in [0, 0.05) is 23.7 Å². The summed E-state index contributed by atoms with van der Waals surface area (Å²) >= 11 is 0. The van der Waals surface area contributed by atoms with Crippen LogP contribution in [0.5, 0.6) is 11.5 Å². The second kappa shape index (κ2) is 8.41. The Morgan fingerprint density at radius 3 is 1.86 bits per heavy atom. The van der Waals surface area contributed by atoms with Crippen LogP contribution in [0.15, 0.2) is 54.6 Å². The molecule has 0 radical (unpaired) electrons. The first kappa shape index (κ1) is 19.2. The highest BCUT2D eigenvalue weighted by Crippen LogP contribution is 2.23. The largest absolute Gasteiger partial charge is 0.497 e. The lowest BCUT2D eigenvalue weighted by Gasteiger charge is -2.10. The normalized spacial score (nSPS) is 10.4. The quantitative estimate of drug-likeness (QED) is 0.451. The minimum Gasteiger partial charge on any atom is -0.497 e. The van der Waals surface area contributed by atoms with Crippen LogP contribution in [0.25, 0.3) is 10.8 Å². The molecule has 0 aliphatic rings. The number of ether oxygens (including phenoxy) is 2. The number of amides is 2. The summed E-state index contributed by atoms with van der Waals surface area (Å²) in [6, 6.07) is 15.6. The van der Waals surface area contributed by atoms with Crippen LogP contribution in [-0.4, -0.2) is 31.2 Å². The Balaban J connectivity index is 1.75. The van der Waals surface area contributed by atoms with Gasteiger partial charge in [0.25, 0.3) is 11.8 Å². The van der Waals surface area contributed by atoms with Gasteiger partial charge < -0.3 is 14.8 Å². The monoisotopic (exact) mass is 380 g/mol. The maximum absolute atomic E-state index is 12.5. The molecule has 3 aromatic carbocycles. The highest BCUT2D eigenvalue weighted by atomic mass is 16.5. The van der Waals surface area contributed by atoms with E-state index in [-0.39, 0.29) is 5.91 Å². The van der Waals surface area contributed by atoms with Crippen LogP contribution < -0.4 is 20.3 Å². The molecule has 3 aromatic rings. The van der Waals surface area contributed by atoms with Crippen molar-refractivity contribution in [3.63, 3.8) is 0 Å². The van der Waals surface area contributed by atoms with Crippen molar-refractivity contribution in [3.05, 3.63) is 71.3 Å². The minimum atomic E-state index is -0.586. The Labute approximate surface area is 161 Å². The van der Waals surface area contributed by atoms with Crippen molar-refractivity contribution in [2.75, 3.05) is 14.2 Å². The Bertz CT molecular complexity index is 1010. The van der Waals surface area contributed by atoms with Gasteiger partial charge in [-0.15, -0.1) is 0 Å². The molecule has 0 aromatic heterocycles. The zero-order valence-electron chi connectivity index (χ0n) is 15.5. The molecule has 0 saturated carbocycles. The zero-order chi connectivity index (χ0) is 20.1. The third-order valence-electron chi connectivity index (χ3n) is 4.33. The van der Waals surface area contributed by atoms with Crippen molar-refractivity contribution in [2.24, 2.45) is 0 Å². The van der Waals surface area contributed by atoms with Crippen molar-refractivity contribution in [2.45, 2.75) is 6.54 Å². The molecule has 0 bridgehead atoms. The predicted molar refractivity (Wildman–Crippen MR) is 104 cm³/mol. The van der Waals surface area contributed by atoms with E-state index in [1.807, 2.05) is 12.1 Å². The standard InChI is InChI=1S/C21H20N2O5/c1-27-18-7-13(8-19(11-18)28-2)12-22-20(24)16-5-3-15-10-17(21(25)23-26)6-4-14(15)9-16/h3-11,26H,12H2,1-2H3,(H,22,24)(H,23,25). The SMILES string of the molecule is COc1cc(CNC(=O)c2ccc3cc(C(=O)NO)ccc3c2)cc(OC)c1. The lowest BCUT2D eigenvalue weighted by atomic mass is 10.0. The fraction of sp³-hybridized carbons (Fsp3) is 0.143. The van der Waals surface area contributed by atoms with E-state index < -0.39 is 5.91 Å². The van der Waals surface area contributed by atoms with E-state index in [0.717, 1.165) is 16.3 Å². The highest BCUT2D eigenvalue weighted by Gasteiger charge is 2.10. The molecule has 144 valence electrons. The molecule has 0 aliphatic heterocycles. The summed E-state index contributed by atoms with van der Waals surface area (Å²) in [5.41, 5.74) is 3.29. The number of hydroxylamine groups is 1. The maximum Gasteiger partial charge on any atom is 0.274 e. The van der Waals surface area contributed by atoms with Crippen molar-refractivity contribution in [1.82, 2.24) is 10.8 Å². The number of hydrogen-bond donors (Lipinski definition) is 3. The number of carbonyl (C=O) groups is 2. The average Bonchev–Trinajstić information content (AvgIpc) is 2.75. The van der Waals surface area contributed by atoms with E-state index in [2.05, 4.69) is 5.32 Å². The Morgan fingerprint density at radius 1 is 0.821 bits per heavy atom. The molecule has 2 amide bonds. The molecule has 0 aliphatic carbocycles. The van der Waals surface area contributed by atoms with Gasteiger partial charge in [-0.05, 0) is 52.7 Å². The molecular weight excluding hydrogens is 360 g/mol. The van der Waals surface area contributed by atoms with Gasteiger partial charge in [0.1, 0.15) is 11.5 Å². The maximum atomic E-state index is 12.5. The van der Waals surface area contributed by atoms with E-state index in [1.165, 1.54) is 0 Å². The van der Waals surface area contributed by atoms with Crippen molar-refractivity contribution in [3.8, 4) is 11.5 Å². The van der Waals surface area contributed by atoms with Crippen molar-refractivity contribution >= 4 is 22.6 Å². The second-order valence-electron chi connectivity index (χ2n) is 6.12. The lowest BCUT2D eigenvalue weighted by Crippen LogP contribution is -2.22. The second-order valence-corrected chi connectivity index (χ2v) is 6.12. The van der Waals surface area contributed by atoms with E-state index >= 15 is 0 Å². The number of nitrogens with one attached hydrogen (secondary N) is 2. The first-order valence-electron chi connectivity index (χ1n) is 8.52. The minimum absolute atomic E-state index is 0.221. The van der Waals surface area contributed by atoms with E-state index in [1.54, 1.807) is 62.2 Å². The number of benzene rings is 3. The third kappa shape index (κ3) is 4.21. The van der Waals surface area contributed by atoms with Crippen molar-refractivity contribution in [1.29, 1.82) is 0 Å². The van der Waals surface area contributed by atoms with Gasteiger partial charge in [0.2, 0.25) is 0 Å². The van der Waals surface area contributed by atoms with Crippen LogP contribution in [0.1, 0.15) is 26.3 Å². The van der Waals surface area contributed by atoms with Gasteiger partial charge in [-0.25, -0.2) is 5.48 Å². The first-order valence-corrected chi connectivity index (χ1v) is 8.52. The van der Waals surface area contributed by atoms with E-state index in [0.29, 0.717) is 29.2 Å². The number of rotatable bonds is 6. The Kier molecular flexibility index (Phi) is 5.76. The van der Waals surface area contributed by atoms with Crippen LogP contribution in [0, 0.1) is 0 Å². The summed E-state index contributed by atoms with van der Waals surface area (Å²) in [5, 5.41) is 13.2. The predicted octanol–water partition coefficient (Wildman–Crippen LogP) is 2.91. The molecule has 7 heteroatoms. The smallest absolute Gasteiger partial charge is 0.274 e. The summed E-state index contributed by atoms with van der Waals surface area (Å²) in [4.78, 5) is 24.0. The molecule has 0 unspecified atom stereocenters. The van der Waals surface area contributed by atoms with Crippen LogP contribution in [-0.2, 0) is 6.54 Å². The summed E-state index contributed by atoms with van der Waals surface area (Å²) in [7, 11) is 3.14. The summed E-state index contributed by atoms with van der Waals surface area (Å²) < 4.78 is 10.5. The molecule has 7 nitrogen and oxygen atoms in total. The molecule has 0 fully saturated rings. The van der Waals surface area contributed by atoms with Crippen molar-refractivity contribution < 1.29 is 24.3 Å². The molecule has 28 heavy (non-hydrogen) atoms.